The molecule has 5 heteroatoms. The fourth-order valence-electron chi connectivity index (χ4n) is 3.59. The van der Waals surface area contributed by atoms with Crippen LogP contribution in [0.3, 0.4) is 0 Å². The Hall–Kier alpha value is -3.05. The van der Waals surface area contributed by atoms with Crippen molar-refractivity contribution in [3.63, 3.8) is 0 Å². The lowest BCUT2D eigenvalue weighted by Crippen LogP contribution is -2.18. The van der Waals surface area contributed by atoms with E-state index in [1.54, 1.807) is 7.11 Å². The van der Waals surface area contributed by atoms with Crippen molar-refractivity contribution >= 4 is 0 Å². The molecule has 1 N–H and O–H groups in total. The molecule has 4 nitrogen and oxygen atoms in total. The fraction of sp³-hybridized carbons (Fsp3) is 0.250. The van der Waals surface area contributed by atoms with Gasteiger partial charge in [-0.05, 0) is 66.1 Å². The number of rotatable bonds is 8. The Morgan fingerprint density at radius 3 is 2.34 bits per heavy atom. The molecule has 0 amide bonds. The van der Waals surface area contributed by atoms with Gasteiger partial charge in [0.15, 0.2) is 11.5 Å². The normalized spacial score (nSPS) is 13.3. The zero-order chi connectivity index (χ0) is 20.1. The van der Waals surface area contributed by atoms with E-state index in [4.69, 9.17) is 14.2 Å². The summed E-state index contributed by atoms with van der Waals surface area (Å²) in [5.41, 5.74) is 3.43. The summed E-state index contributed by atoms with van der Waals surface area (Å²) in [5, 5.41) is 3.50. The lowest BCUT2D eigenvalue weighted by Gasteiger charge is -2.19. The van der Waals surface area contributed by atoms with Crippen LogP contribution >= 0.6 is 0 Å². The second kappa shape index (κ2) is 8.97. The van der Waals surface area contributed by atoms with Gasteiger partial charge in [0.1, 0.15) is 11.6 Å². The molecule has 0 bridgehead atoms. The Morgan fingerprint density at radius 2 is 1.62 bits per heavy atom. The average Bonchev–Trinajstić information content (AvgIpc) is 3.23. The van der Waals surface area contributed by atoms with E-state index < -0.39 is 0 Å². The summed E-state index contributed by atoms with van der Waals surface area (Å²) in [6.45, 7) is 1.85. The molecule has 29 heavy (non-hydrogen) atoms. The van der Waals surface area contributed by atoms with E-state index in [2.05, 4.69) is 17.4 Å². The van der Waals surface area contributed by atoms with Crippen molar-refractivity contribution in [2.45, 2.75) is 18.9 Å². The fourth-order valence-corrected chi connectivity index (χ4v) is 3.59. The number of fused-ring (bicyclic) bond motifs is 1. The van der Waals surface area contributed by atoms with Crippen molar-refractivity contribution in [3.8, 4) is 17.2 Å². The Bertz CT molecular complexity index is 941. The van der Waals surface area contributed by atoms with Crippen LogP contribution in [0.25, 0.3) is 0 Å². The lowest BCUT2D eigenvalue weighted by atomic mass is 9.88. The smallest absolute Gasteiger partial charge is 0.231 e. The summed E-state index contributed by atoms with van der Waals surface area (Å²) in [5.74, 6) is 2.37. The highest BCUT2D eigenvalue weighted by molar-refractivity contribution is 5.44. The van der Waals surface area contributed by atoms with E-state index in [-0.39, 0.29) is 18.5 Å². The molecule has 0 saturated heterocycles. The molecule has 3 aromatic carbocycles. The van der Waals surface area contributed by atoms with Gasteiger partial charge in [0.25, 0.3) is 0 Å². The molecule has 0 aromatic heterocycles. The van der Waals surface area contributed by atoms with Crippen molar-refractivity contribution in [2.24, 2.45) is 0 Å². The molecule has 1 aliphatic heterocycles. The van der Waals surface area contributed by atoms with E-state index >= 15 is 0 Å². The number of nitrogens with one attached hydrogen (secondary N) is 1. The van der Waals surface area contributed by atoms with Gasteiger partial charge in [-0.25, -0.2) is 4.39 Å². The van der Waals surface area contributed by atoms with Gasteiger partial charge in [-0.2, -0.15) is 0 Å². The van der Waals surface area contributed by atoms with Gasteiger partial charge in [-0.3, -0.25) is 0 Å². The topological polar surface area (TPSA) is 39.7 Å². The van der Waals surface area contributed by atoms with Crippen molar-refractivity contribution in [1.82, 2.24) is 5.32 Å². The first-order chi connectivity index (χ1) is 14.2. The Morgan fingerprint density at radius 1 is 0.931 bits per heavy atom. The van der Waals surface area contributed by atoms with Crippen LogP contribution in [0, 0.1) is 5.82 Å². The third-order valence-corrected chi connectivity index (χ3v) is 5.17. The van der Waals surface area contributed by atoms with E-state index in [9.17, 15) is 4.39 Å². The second-order valence-electron chi connectivity index (χ2n) is 7.03. The molecule has 1 heterocycles. The molecule has 0 radical (unpaired) electrons. The van der Waals surface area contributed by atoms with Crippen LogP contribution in [0.15, 0.2) is 66.7 Å². The van der Waals surface area contributed by atoms with Crippen LogP contribution in [-0.2, 0) is 6.54 Å². The highest BCUT2D eigenvalue weighted by atomic mass is 19.1. The molecule has 0 unspecified atom stereocenters. The number of benzene rings is 3. The van der Waals surface area contributed by atoms with Gasteiger partial charge in [-0.15, -0.1) is 0 Å². The third-order valence-electron chi connectivity index (χ3n) is 5.17. The van der Waals surface area contributed by atoms with E-state index in [0.29, 0.717) is 0 Å². The predicted octanol–water partition coefficient (Wildman–Crippen LogP) is 4.87. The number of halogens is 1. The largest absolute Gasteiger partial charge is 0.497 e. The van der Waals surface area contributed by atoms with Crippen molar-refractivity contribution in [1.29, 1.82) is 0 Å². The second-order valence-corrected chi connectivity index (χ2v) is 7.03. The third kappa shape index (κ3) is 4.69. The van der Waals surface area contributed by atoms with Gasteiger partial charge in [0.2, 0.25) is 6.79 Å². The maximum atomic E-state index is 13.4. The molecule has 3 aromatic rings. The Kier molecular flexibility index (Phi) is 5.96. The van der Waals surface area contributed by atoms with Gasteiger partial charge < -0.3 is 19.5 Å². The Labute approximate surface area is 170 Å². The molecule has 0 fully saturated rings. The molecule has 0 aliphatic carbocycles. The zero-order valence-electron chi connectivity index (χ0n) is 16.4. The highest BCUT2D eigenvalue weighted by Gasteiger charge is 2.15. The van der Waals surface area contributed by atoms with Crippen LogP contribution in [0.4, 0.5) is 4.39 Å². The summed E-state index contributed by atoms with van der Waals surface area (Å²) < 4.78 is 29.5. The number of methoxy groups -OCH3 is 1. The average molecular weight is 393 g/mol. The predicted molar refractivity (Wildman–Crippen MR) is 110 cm³/mol. The van der Waals surface area contributed by atoms with Gasteiger partial charge in [-0.1, -0.05) is 30.3 Å². The maximum Gasteiger partial charge on any atom is 0.231 e. The molecule has 4 rings (SSSR count). The summed E-state index contributed by atoms with van der Waals surface area (Å²) in [7, 11) is 1.66. The van der Waals surface area contributed by atoms with E-state index in [1.165, 1.54) is 17.7 Å². The minimum Gasteiger partial charge on any atom is -0.497 e. The van der Waals surface area contributed by atoms with Crippen molar-refractivity contribution in [2.75, 3.05) is 20.4 Å². The van der Waals surface area contributed by atoms with Crippen molar-refractivity contribution < 1.29 is 18.6 Å². The minimum atomic E-state index is -0.219. The van der Waals surface area contributed by atoms with E-state index in [1.807, 2.05) is 42.5 Å². The summed E-state index contributed by atoms with van der Waals surface area (Å²) >= 11 is 0. The molecular formula is C24H24FNO3. The highest BCUT2D eigenvalue weighted by Crippen LogP contribution is 2.32. The lowest BCUT2D eigenvalue weighted by molar-refractivity contribution is 0.174. The number of hydrogen-bond donors (Lipinski definition) is 1. The van der Waals surface area contributed by atoms with Crippen LogP contribution in [0.5, 0.6) is 17.2 Å². The molecule has 0 saturated carbocycles. The van der Waals surface area contributed by atoms with Crippen LogP contribution in [-0.4, -0.2) is 20.4 Å². The molecule has 1 aliphatic rings. The minimum absolute atomic E-state index is 0.172. The van der Waals surface area contributed by atoms with Crippen molar-refractivity contribution in [3.05, 3.63) is 89.2 Å². The molecule has 1 atom stereocenters. The molecule has 150 valence electrons. The first-order valence-electron chi connectivity index (χ1n) is 9.71. The van der Waals surface area contributed by atoms with Gasteiger partial charge in [0, 0.05) is 12.5 Å². The van der Waals surface area contributed by atoms with Crippen LogP contribution in [0.1, 0.15) is 29.0 Å². The van der Waals surface area contributed by atoms with Crippen LogP contribution in [0.2, 0.25) is 0 Å². The number of hydrogen-bond acceptors (Lipinski definition) is 4. The van der Waals surface area contributed by atoms with E-state index in [0.717, 1.165) is 47.9 Å². The quantitative estimate of drug-likeness (QED) is 0.554. The van der Waals surface area contributed by atoms with Gasteiger partial charge >= 0.3 is 0 Å². The monoisotopic (exact) mass is 393 g/mol. The summed E-state index contributed by atoms with van der Waals surface area (Å²) in [6.07, 6.45) is 0.891. The first-order valence-corrected chi connectivity index (χ1v) is 9.71. The number of ether oxygens (including phenoxy) is 3. The Balaban J connectivity index is 1.41. The zero-order valence-corrected chi connectivity index (χ0v) is 16.4. The standard InChI is InChI=1S/C24H24FNO3/c1-27-21-9-5-19(6-10-21)22(18-3-7-20(25)8-4-18)12-13-26-15-17-2-11-23-24(14-17)29-16-28-23/h2-11,14,22,26H,12-13,15-16H2,1H3/t22-/m1/s1. The molecular weight excluding hydrogens is 369 g/mol. The molecule has 0 spiro atoms. The first kappa shape index (κ1) is 19.3. The SMILES string of the molecule is COc1ccc([C@H](CCNCc2ccc3c(c2)OCO3)c2ccc(F)cc2)cc1. The summed E-state index contributed by atoms with van der Waals surface area (Å²) in [6, 6.07) is 20.8. The van der Waals surface area contributed by atoms with Gasteiger partial charge in [0.05, 0.1) is 7.11 Å². The van der Waals surface area contributed by atoms with Crippen LogP contribution < -0.4 is 19.5 Å². The maximum absolute atomic E-state index is 13.4. The summed E-state index contributed by atoms with van der Waals surface area (Å²) in [4.78, 5) is 0.